The van der Waals surface area contributed by atoms with E-state index >= 15 is 0 Å². The molecule has 0 saturated heterocycles. The Bertz CT molecular complexity index is 992. The maximum absolute atomic E-state index is 12.3. The summed E-state index contributed by atoms with van der Waals surface area (Å²) in [5.74, 6) is -1.49. The second-order valence-corrected chi connectivity index (χ2v) is 7.64. The van der Waals surface area contributed by atoms with E-state index < -0.39 is 17.2 Å². The lowest BCUT2D eigenvalue weighted by Crippen LogP contribution is -2.32. The van der Waals surface area contributed by atoms with Gasteiger partial charge < -0.3 is 9.47 Å². The molecule has 2 aromatic rings. The third kappa shape index (κ3) is 4.76. The van der Waals surface area contributed by atoms with E-state index in [1.807, 2.05) is 25.1 Å². The smallest absolute Gasteiger partial charge is 0.331 e. The number of hydrazone groups is 1. The van der Waals surface area contributed by atoms with Gasteiger partial charge in [-0.15, -0.1) is 0 Å². The monoisotopic (exact) mass is 430 g/mol. The highest BCUT2D eigenvalue weighted by Crippen LogP contribution is 2.30. The topological polar surface area (TPSA) is 120 Å². The van der Waals surface area contributed by atoms with E-state index in [9.17, 15) is 14.4 Å². The van der Waals surface area contributed by atoms with Crippen LogP contribution in [0.25, 0.3) is 10.9 Å². The number of carbonyl (C=O) groups is 3. The molecule has 1 N–H and O–H groups in total. The number of amides is 1. The van der Waals surface area contributed by atoms with Crippen molar-refractivity contribution in [3.63, 3.8) is 0 Å². The summed E-state index contributed by atoms with van der Waals surface area (Å²) in [7, 11) is 0. The first-order valence-electron chi connectivity index (χ1n) is 9.56. The fourth-order valence-electron chi connectivity index (χ4n) is 3.03. The van der Waals surface area contributed by atoms with Crippen LogP contribution in [0.3, 0.4) is 0 Å². The van der Waals surface area contributed by atoms with Crippen LogP contribution in [0, 0.1) is 5.92 Å². The molecule has 0 bridgehead atoms. The van der Waals surface area contributed by atoms with Crippen molar-refractivity contribution >= 4 is 46.2 Å². The number of hydrogen-bond donors (Lipinski definition) is 1. The first-order chi connectivity index (χ1) is 14.4. The lowest BCUT2D eigenvalue weighted by atomic mass is 9.93. The van der Waals surface area contributed by atoms with Gasteiger partial charge in [0.25, 0.3) is 0 Å². The fraction of sp³-hybridized carbons (Fsp3) is 0.400. The summed E-state index contributed by atoms with van der Waals surface area (Å²) in [4.78, 5) is 44.6. The summed E-state index contributed by atoms with van der Waals surface area (Å²) in [5, 5.41) is 4.13. The number of nitrogens with zero attached hydrogens (tertiary/aromatic N) is 3. The molecule has 0 fully saturated rings. The van der Waals surface area contributed by atoms with Crippen molar-refractivity contribution in [3.8, 4) is 0 Å². The van der Waals surface area contributed by atoms with Crippen LogP contribution in [0.5, 0.6) is 0 Å². The van der Waals surface area contributed by atoms with Crippen LogP contribution in [0.2, 0.25) is 0 Å². The van der Waals surface area contributed by atoms with Gasteiger partial charge in [-0.05, 0) is 26.0 Å². The summed E-state index contributed by atoms with van der Waals surface area (Å²) in [6.45, 7) is 5.58. The standard InChI is InChI=1S/C20H22N4O5S/c1-4-28-19(26)17(20(27)29-5-2)30-18-13-7-6-12(9-14(13)21-10-22-18)16-11(3)8-15(25)23-24-16/h6-7,9-11,17H,4-5,8H2,1-3H3,(H,23,25). The first-order valence-corrected chi connectivity index (χ1v) is 10.4. The van der Waals surface area contributed by atoms with Gasteiger partial charge >= 0.3 is 11.9 Å². The number of ether oxygens (including phenoxy) is 2. The Kier molecular flexibility index (Phi) is 6.99. The number of rotatable bonds is 7. The van der Waals surface area contributed by atoms with E-state index in [-0.39, 0.29) is 25.0 Å². The molecule has 1 unspecified atom stereocenters. The average Bonchev–Trinajstić information content (AvgIpc) is 2.72. The van der Waals surface area contributed by atoms with Crippen LogP contribution in [-0.2, 0) is 23.9 Å². The van der Waals surface area contributed by atoms with Gasteiger partial charge in [-0.2, -0.15) is 5.10 Å². The number of hydrogen-bond acceptors (Lipinski definition) is 9. The average molecular weight is 430 g/mol. The number of fused-ring (bicyclic) bond motifs is 1. The van der Waals surface area contributed by atoms with Crippen molar-refractivity contribution in [2.24, 2.45) is 11.0 Å². The van der Waals surface area contributed by atoms with Crippen molar-refractivity contribution in [2.75, 3.05) is 13.2 Å². The maximum Gasteiger partial charge on any atom is 0.331 e. The molecule has 30 heavy (non-hydrogen) atoms. The Balaban J connectivity index is 1.94. The third-order valence-corrected chi connectivity index (χ3v) is 5.56. The van der Waals surface area contributed by atoms with Crippen molar-refractivity contribution in [3.05, 3.63) is 30.1 Å². The second kappa shape index (κ2) is 9.66. The second-order valence-electron chi connectivity index (χ2n) is 6.55. The molecule has 1 atom stereocenters. The minimum atomic E-state index is -1.18. The predicted octanol–water partition coefficient (Wildman–Crippen LogP) is 2.08. The Labute approximate surface area is 177 Å². The molecule has 9 nitrogen and oxygen atoms in total. The Morgan fingerprint density at radius 2 is 1.90 bits per heavy atom. The molecule has 0 spiro atoms. The minimum absolute atomic E-state index is 0.0242. The van der Waals surface area contributed by atoms with Crippen LogP contribution in [0.15, 0.2) is 34.7 Å². The van der Waals surface area contributed by atoms with E-state index in [1.54, 1.807) is 13.8 Å². The van der Waals surface area contributed by atoms with Gasteiger partial charge in [0, 0.05) is 23.3 Å². The van der Waals surface area contributed by atoms with Crippen molar-refractivity contribution < 1.29 is 23.9 Å². The quantitative estimate of drug-likeness (QED) is 0.307. The molecule has 1 aromatic heterocycles. The zero-order valence-corrected chi connectivity index (χ0v) is 17.7. The molecule has 1 aliphatic heterocycles. The highest BCUT2D eigenvalue weighted by atomic mass is 32.2. The molecule has 3 rings (SSSR count). The van der Waals surface area contributed by atoms with E-state index in [4.69, 9.17) is 9.47 Å². The Hall–Kier alpha value is -3.01. The third-order valence-electron chi connectivity index (χ3n) is 4.39. The summed E-state index contributed by atoms with van der Waals surface area (Å²) >= 11 is 0.969. The van der Waals surface area contributed by atoms with E-state index in [0.29, 0.717) is 22.3 Å². The summed E-state index contributed by atoms with van der Waals surface area (Å²) < 4.78 is 10.0. The van der Waals surface area contributed by atoms with Crippen molar-refractivity contribution in [1.82, 2.24) is 15.4 Å². The van der Waals surface area contributed by atoms with Gasteiger partial charge in [0.05, 0.1) is 24.4 Å². The summed E-state index contributed by atoms with van der Waals surface area (Å²) in [5.41, 5.74) is 4.73. The zero-order valence-electron chi connectivity index (χ0n) is 16.9. The molecule has 158 valence electrons. The lowest BCUT2D eigenvalue weighted by Gasteiger charge is -2.19. The number of thioether (sulfide) groups is 1. The normalized spacial score (nSPS) is 16.2. The molecule has 0 saturated carbocycles. The van der Waals surface area contributed by atoms with Gasteiger partial charge in [-0.25, -0.2) is 15.4 Å². The van der Waals surface area contributed by atoms with Crippen LogP contribution in [0.1, 0.15) is 32.8 Å². The largest absolute Gasteiger partial charge is 0.465 e. The van der Waals surface area contributed by atoms with Crippen molar-refractivity contribution in [2.45, 2.75) is 37.5 Å². The summed E-state index contributed by atoms with van der Waals surface area (Å²) in [6, 6.07) is 5.51. The molecule has 0 aliphatic carbocycles. The molecule has 1 amide bonds. The van der Waals surface area contributed by atoms with Crippen LogP contribution >= 0.6 is 11.8 Å². The zero-order chi connectivity index (χ0) is 21.7. The number of esters is 2. The van der Waals surface area contributed by atoms with Gasteiger partial charge in [0.1, 0.15) is 11.4 Å². The highest BCUT2D eigenvalue weighted by molar-refractivity contribution is 8.01. The fourth-order valence-corrected chi connectivity index (χ4v) is 3.99. The number of benzene rings is 1. The van der Waals surface area contributed by atoms with Gasteiger partial charge in [-0.3, -0.25) is 14.4 Å². The van der Waals surface area contributed by atoms with Crippen LogP contribution < -0.4 is 5.43 Å². The van der Waals surface area contributed by atoms with Gasteiger partial charge in [0.15, 0.2) is 0 Å². The highest BCUT2D eigenvalue weighted by Gasteiger charge is 2.32. The molecule has 1 aromatic carbocycles. The first kappa shape index (κ1) is 21.7. The van der Waals surface area contributed by atoms with Crippen LogP contribution in [-0.4, -0.2) is 52.0 Å². The molecular formula is C20H22N4O5S. The van der Waals surface area contributed by atoms with Gasteiger partial charge in [-0.1, -0.05) is 24.8 Å². The molecule has 10 heteroatoms. The maximum atomic E-state index is 12.3. The predicted molar refractivity (Wildman–Crippen MR) is 111 cm³/mol. The molecular weight excluding hydrogens is 408 g/mol. The Morgan fingerprint density at radius 1 is 1.20 bits per heavy atom. The molecule has 0 radical (unpaired) electrons. The number of carbonyl (C=O) groups excluding carboxylic acids is 3. The SMILES string of the molecule is CCOC(=O)C(Sc1ncnc2cc(C3=NNC(=O)CC3C)ccc12)C(=O)OCC. The van der Waals surface area contributed by atoms with Crippen LogP contribution in [0.4, 0.5) is 0 Å². The lowest BCUT2D eigenvalue weighted by molar-refractivity contribution is -0.152. The number of aromatic nitrogens is 2. The van der Waals surface area contributed by atoms with E-state index in [1.165, 1.54) is 6.33 Å². The van der Waals surface area contributed by atoms with Crippen molar-refractivity contribution in [1.29, 1.82) is 0 Å². The molecule has 2 heterocycles. The molecule has 1 aliphatic rings. The van der Waals surface area contributed by atoms with Gasteiger partial charge in [0.2, 0.25) is 11.2 Å². The summed E-state index contributed by atoms with van der Waals surface area (Å²) in [6.07, 6.45) is 1.73. The number of nitrogens with one attached hydrogen (secondary N) is 1. The Morgan fingerprint density at radius 3 is 2.53 bits per heavy atom. The van der Waals surface area contributed by atoms with E-state index in [0.717, 1.165) is 23.0 Å². The minimum Gasteiger partial charge on any atom is -0.465 e. The van der Waals surface area contributed by atoms with E-state index in [2.05, 4.69) is 20.5 Å².